The number of aromatic hydroxyl groups is 1. The van der Waals surface area contributed by atoms with Crippen LogP contribution in [0.2, 0.25) is 0 Å². The molecule has 1 aromatic carbocycles. The lowest BCUT2D eigenvalue weighted by Crippen LogP contribution is -2.36. The van der Waals surface area contributed by atoms with Gasteiger partial charge >= 0.3 is 14.8 Å². The van der Waals surface area contributed by atoms with Crippen molar-refractivity contribution in [1.29, 1.82) is 0 Å². The van der Waals surface area contributed by atoms with Crippen LogP contribution in [0.1, 0.15) is 0 Å². The lowest BCUT2D eigenvalue weighted by molar-refractivity contribution is -1.62. The molecule has 0 saturated carbocycles. The van der Waals surface area contributed by atoms with E-state index >= 15 is 0 Å². The zero-order chi connectivity index (χ0) is 10.1. The van der Waals surface area contributed by atoms with E-state index in [9.17, 15) is 13.5 Å². The van der Waals surface area contributed by atoms with Crippen molar-refractivity contribution in [1.82, 2.24) is 4.98 Å². The summed E-state index contributed by atoms with van der Waals surface area (Å²) in [6, 6.07) is 4.64. The molecule has 0 saturated heterocycles. The normalized spacial score (nSPS) is 11.1. The van der Waals surface area contributed by atoms with Crippen LogP contribution >= 0.6 is 0 Å². The van der Waals surface area contributed by atoms with Crippen LogP contribution in [0.4, 0.5) is 0 Å². The first-order valence-corrected chi connectivity index (χ1v) is 5.65. The van der Waals surface area contributed by atoms with Gasteiger partial charge in [-0.25, -0.2) is 0 Å². The van der Waals surface area contributed by atoms with Gasteiger partial charge in [0, 0.05) is 23.2 Å². The highest BCUT2D eigenvalue weighted by atomic mass is 80.0. The van der Waals surface area contributed by atoms with Crippen LogP contribution in [0.15, 0.2) is 24.4 Å². The van der Waals surface area contributed by atoms with Gasteiger partial charge in [-0.05, 0) is 12.1 Å². The molecule has 0 fully saturated rings. The molecule has 0 amide bonds. The number of hydrogen-bond acceptors (Lipinski definition) is 4. The standard InChI is InChI=1S/C8H6BrNO4/c11-7-3-5-1-2-10-6(5)4-8(7)14-9(12)13/h1-4,10-11H. The minimum Gasteiger partial charge on any atom is -0.504 e. The van der Waals surface area contributed by atoms with E-state index in [2.05, 4.69) is 8.81 Å². The monoisotopic (exact) mass is 259 g/mol. The molecule has 2 rings (SSSR count). The smallest absolute Gasteiger partial charge is 0.501 e. The minimum absolute atomic E-state index is 0.0556. The first-order valence-electron chi connectivity index (χ1n) is 3.71. The molecule has 5 nitrogen and oxygen atoms in total. The van der Waals surface area contributed by atoms with Gasteiger partial charge in [0.05, 0.1) is 0 Å². The Balaban J connectivity index is 2.48. The lowest BCUT2D eigenvalue weighted by Gasteiger charge is -1.98. The number of aromatic nitrogens is 1. The summed E-state index contributed by atoms with van der Waals surface area (Å²) in [5.41, 5.74) is 0.710. The highest BCUT2D eigenvalue weighted by Gasteiger charge is 2.18. The second kappa shape index (κ2) is 3.49. The van der Waals surface area contributed by atoms with Crippen molar-refractivity contribution in [2.75, 3.05) is 0 Å². The Bertz CT molecular complexity index is 454. The highest BCUT2D eigenvalue weighted by Crippen LogP contribution is 2.31. The molecule has 0 bridgehead atoms. The Hall–Kier alpha value is -1.24. The van der Waals surface area contributed by atoms with E-state index in [1.807, 2.05) is 0 Å². The second-order valence-electron chi connectivity index (χ2n) is 2.65. The van der Waals surface area contributed by atoms with Crippen molar-refractivity contribution in [3.8, 4) is 11.5 Å². The van der Waals surface area contributed by atoms with E-state index in [0.717, 1.165) is 5.39 Å². The summed E-state index contributed by atoms with van der Waals surface area (Å²) in [4.78, 5) is 2.88. The molecule has 0 radical (unpaired) electrons. The molecule has 14 heavy (non-hydrogen) atoms. The SMILES string of the molecule is [O-][Br+2]([O-])Oc1cc2[nH]ccc2cc1O. The van der Waals surface area contributed by atoms with E-state index in [0.29, 0.717) is 5.52 Å². The number of hydrogen-bond donors (Lipinski definition) is 2. The number of halogens is 1. The molecular formula is C8H6BrNO4. The molecule has 0 aliphatic carbocycles. The van der Waals surface area contributed by atoms with Gasteiger partial charge in [0.15, 0.2) is 5.75 Å². The van der Waals surface area contributed by atoms with Gasteiger partial charge in [0.2, 0.25) is 0 Å². The molecule has 0 spiro atoms. The molecule has 0 unspecified atom stereocenters. The van der Waals surface area contributed by atoms with Crippen molar-refractivity contribution in [3.63, 3.8) is 0 Å². The van der Waals surface area contributed by atoms with Gasteiger partial charge < -0.3 is 18.5 Å². The van der Waals surface area contributed by atoms with Crippen LogP contribution in [0.3, 0.4) is 0 Å². The lowest BCUT2D eigenvalue weighted by atomic mass is 10.2. The maximum atomic E-state index is 10.3. The number of aromatic amines is 1. The first-order chi connectivity index (χ1) is 6.66. The van der Waals surface area contributed by atoms with Crippen LogP contribution in [-0.2, 0) is 0 Å². The van der Waals surface area contributed by atoms with Gasteiger partial charge in [0.1, 0.15) is 0 Å². The van der Waals surface area contributed by atoms with Crippen molar-refractivity contribution in [3.05, 3.63) is 24.4 Å². The van der Waals surface area contributed by atoms with Crippen LogP contribution in [0, 0.1) is 14.8 Å². The van der Waals surface area contributed by atoms with Crippen molar-refractivity contribution >= 4 is 10.9 Å². The van der Waals surface area contributed by atoms with Gasteiger partial charge in [-0.3, -0.25) is 0 Å². The molecule has 0 atom stereocenters. The fraction of sp³-hybridized carbons (Fsp3) is 0. The fourth-order valence-electron chi connectivity index (χ4n) is 1.20. The van der Waals surface area contributed by atoms with Crippen LogP contribution in [0.5, 0.6) is 11.5 Å². The van der Waals surface area contributed by atoms with E-state index in [-0.39, 0.29) is 11.5 Å². The third kappa shape index (κ3) is 1.67. The number of H-pyrrole nitrogens is 1. The largest absolute Gasteiger partial charge is 0.504 e. The van der Waals surface area contributed by atoms with E-state index in [4.69, 9.17) is 0 Å². The topological polar surface area (TPSA) is 91.4 Å². The van der Waals surface area contributed by atoms with Gasteiger partial charge in [-0.15, -0.1) is 3.83 Å². The molecule has 2 N–H and O–H groups in total. The van der Waals surface area contributed by atoms with Crippen LogP contribution in [-0.4, -0.2) is 10.1 Å². The molecule has 0 aliphatic rings. The average Bonchev–Trinajstić information content (AvgIpc) is 2.51. The number of nitrogens with one attached hydrogen (secondary N) is 1. The maximum absolute atomic E-state index is 10.3. The number of phenolic OH excluding ortho intramolecular Hbond substituents is 1. The average molecular weight is 260 g/mol. The van der Waals surface area contributed by atoms with Gasteiger partial charge in [-0.2, -0.15) is 0 Å². The summed E-state index contributed by atoms with van der Waals surface area (Å²) in [7, 11) is 0. The Morgan fingerprint density at radius 1 is 1.36 bits per heavy atom. The van der Waals surface area contributed by atoms with Gasteiger partial charge in [0.25, 0.3) is 5.75 Å². The van der Waals surface area contributed by atoms with E-state index in [1.54, 1.807) is 12.3 Å². The first kappa shape index (κ1) is 9.32. The number of fused-ring (bicyclic) bond motifs is 1. The van der Waals surface area contributed by atoms with Crippen molar-refractivity contribution in [2.45, 2.75) is 0 Å². The minimum atomic E-state index is -3.35. The predicted octanol–water partition coefficient (Wildman–Crippen LogP) is -0.661. The molecule has 0 aliphatic heterocycles. The van der Waals surface area contributed by atoms with Crippen molar-refractivity contribution in [2.24, 2.45) is 0 Å². The van der Waals surface area contributed by atoms with Crippen LogP contribution < -0.4 is 12.2 Å². The molecule has 74 valence electrons. The Kier molecular flexibility index (Phi) is 2.32. The Labute approximate surface area is 84.4 Å². The van der Waals surface area contributed by atoms with E-state index in [1.165, 1.54) is 12.1 Å². The van der Waals surface area contributed by atoms with Gasteiger partial charge in [-0.1, -0.05) is 0 Å². The summed E-state index contributed by atoms with van der Waals surface area (Å²) in [5.74, 6) is -0.244. The zero-order valence-electron chi connectivity index (χ0n) is 6.86. The third-order valence-corrected chi connectivity index (χ3v) is 2.39. The molecule has 1 heterocycles. The Morgan fingerprint density at radius 2 is 2.14 bits per heavy atom. The second-order valence-corrected chi connectivity index (χ2v) is 3.77. The number of phenols is 1. The van der Waals surface area contributed by atoms with E-state index < -0.39 is 14.8 Å². The molecular weight excluding hydrogens is 254 g/mol. The maximum Gasteiger partial charge on any atom is 0.501 e. The fourth-order valence-corrected chi connectivity index (χ4v) is 1.74. The molecule has 1 aromatic heterocycles. The summed E-state index contributed by atoms with van der Waals surface area (Å²) in [6.45, 7) is 0. The highest BCUT2D eigenvalue weighted by molar-refractivity contribution is 5.83. The summed E-state index contributed by atoms with van der Waals surface area (Å²) in [5, 5.41) is 10.2. The summed E-state index contributed by atoms with van der Waals surface area (Å²) < 4.78 is 25.1. The number of rotatable bonds is 2. The Morgan fingerprint density at radius 3 is 2.86 bits per heavy atom. The molecule has 6 heteroatoms. The summed E-state index contributed by atoms with van der Waals surface area (Å²) >= 11 is -3.35. The van der Waals surface area contributed by atoms with Crippen molar-refractivity contribution < 1.29 is 32.1 Å². The third-order valence-electron chi connectivity index (χ3n) is 1.78. The summed E-state index contributed by atoms with van der Waals surface area (Å²) in [6.07, 6.45) is 1.69. The zero-order valence-corrected chi connectivity index (χ0v) is 8.45. The molecule has 2 aromatic rings. The quantitative estimate of drug-likeness (QED) is 0.749. The van der Waals surface area contributed by atoms with Crippen LogP contribution in [0.25, 0.3) is 10.9 Å². The predicted molar refractivity (Wildman–Crippen MR) is 40.6 cm³/mol. The number of benzene rings is 1.